The fourth-order valence-electron chi connectivity index (χ4n) is 5.58. The molecule has 0 bridgehead atoms. The summed E-state index contributed by atoms with van der Waals surface area (Å²) in [5, 5.41) is 0. The summed E-state index contributed by atoms with van der Waals surface area (Å²) < 4.78 is 40.6. The number of hydrogen-bond acceptors (Lipinski definition) is 0. The molecule has 2 atom stereocenters. The van der Waals surface area contributed by atoms with E-state index in [9.17, 15) is 13.2 Å². The van der Waals surface area contributed by atoms with Gasteiger partial charge in [-0.3, -0.25) is 0 Å². The molecule has 3 heteroatoms. The Morgan fingerprint density at radius 2 is 1.08 bits per heavy atom. The van der Waals surface area contributed by atoms with Crippen LogP contribution in [0.15, 0.2) is 0 Å². The van der Waals surface area contributed by atoms with E-state index >= 15 is 0 Å². The minimum atomic E-state index is -1.88. The second kappa shape index (κ2) is 8.45. The summed E-state index contributed by atoms with van der Waals surface area (Å²) in [5.74, 6) is 3.19. The highest BCUT2D eigenvalue weighted by Crippen LogP contribution is 2.43. The van der Waals surface area contributed by atoms with Crippen molar-refractivity contribution < 1.29 is 13.2 Å². The zero-order valence-corrected chi connectivity index (χ0v) is 15.2. The highest BCUT2D eigenvalue weighted by atomic mass is 19.2. The van der Waals surface area contributed by atoms with Gasteiger partial charge in [-0.15, -0.1) is 0 Å². The van der Waals surface area contributed by atoms with Gasteiger partial charge in [0.05, 0.1) is 0 Å². The maximum Gasteiger partial charge on any atom is 0.162 e. The summed E-state index contributed by atoms with van der Waals surface area (Å²) in [6.45, 7) is 2.37. The van der Waals surface area contributed by atoms with E-state index in [0.717, 1.165) is 30.6 Å². The lowest BCUT2D eigenvalue weighted by Crippen LogP contribution is -2.40. The van der Waals surface area contributed by atoms with E-state index in [1.807, 2.05) is 0 Å². The molecule has 3 fully saturated rings. The third-order valence-corrected chi connectivity index (χ3v) is 7.42. The van der Waals surface area contributed by atoms with Crippen LogP contribution in [-0.4, -0.2) is 18.5 Å². The van der Waals surface area contributed by atoms with Gasteiger partial charge in [0.2, 0.25) is 0 Å². The normalized spacial score (nSPS) is 47.5. The first-order valence-electron chi connectivity index (χ1n) is 10.4. The SMILES string of the molecule is CC1CCC(CCC2CCC(C3CC(F)C(F)C(F)C3)CC2)CC1. The van der Waals surface area contributed by atoms with Crippen molar-refractivity contribution in [3.63, 3.8) is 0 Å². The average molecular weight is 345 g/mol. The topological polar surface area (TPSA) is 0 Å². The molecule has 2 unspecified atom stereocenters. The fraction of sp³-hybridized carbons (Fsp3) is 1.00. The van der Waals surface area contributed by atoms with Crippen molar-refractivity contribution in [2.45, 2.75) is 102 Å². The predicted octanol–water partition coefficient (Wildman–Crippen LogP) is 6.82. The molecule has 3 rings (SSSR count). The molecule has 0 saturated heterocycles. The highest BCUT2D eigenvalue weighted by Gasteiger charge is 2.42. The third-order valence-electron chi connectivity index (χ3n) is 7.42. The molecule has 3 saturated carbocycles. The molecule has 3 aliphatic rings. The van der Waals surface area contributed by atoms with Crippen LogP contribution in [0.3, 0.4) is 0 Å². The number of hydrogen-bond donors (Lipinski definition) is 0. The first kappa shape index (κ1) is 18.6. The Hall–Kier alpha value is -0.210. The van der Waals surface area contributed by atoms with Crippen LogP contribution in [0.4, 0.5) is 13.2 Å². The van der Waals surface area contributed by atoms with Gasteiger partial charge in [-0.2, -0.15) is 0 Å². The van der Waals surface area contributed by atoms with Gasteiger partial charge < -0.3 is 0 Å². The van der Waals surface area contributed by atoms with Gasteiger partial charge in [0.25, 0.3) is 0 Å². The summed E-state index contributed by atoms with van der Waals surface area (Å²) in [4.78, 5) is 0. The van der Waals surface area contributed by atoms with Crippen LogP contribution in [0.1, 0.15) is 84.0 Å². The number of halogens is 3. The minimum absolute atomic E-state index is 0.0720. The molecule has 0 aliphatic heterocycles. The molecule has 3 aliphatic carbocycles. The second-order valence-electron chi connectivity index (χ2n) is 9.19. The molecule has 0 aromatic carbocycles. The summed E-state index contributed by atoms with van der Waals surface area (Å²) in [6, 6.07) is 0. The van der Waals surface area contributed by atoms with Crippen molar-refractivity contribution in [3.05, 3.63) is 0 Å². The highest BCUT2D eigenvalue weighted by molar-refractivity contribution is 4.91. The Morgan fingerprint density at radius 1 is 0.625 bits per heavy atom. The Bertz CT molecular complexity index is 357. The Kier molecular flexibility index (Phi) is 6.54. The van der Waals surface area contributed by atoms with Crippen molar-refractivity contribution in [2.24, 2.45) is 29.6 Å². The predicted molar refractivity (Wildman–Crippen MR) is 93.2 cm³/mol. The monoisotopic (exact) mass is 344 g/mol. The van der Waals surface area contributed by atoms with Gasteiger partial charge in [0, 0.05) is 0 Å². The van der Waals surface area contributed by atoms with Crippen molar-refractivity contribution in [1.29, 1.82) is 0 Å². The molecule has 0 aromatic rings. The number of rotatable bonds is 4. The molecule has 0 N–H and O–H groups in total. The van der Waals surface area contributed by atoms with E-state index in [4.69, 9.17) is 0 Å². The van der Waals surface area contributed by atoms with Gasteiger partial charge in [-0.25, -0.2) is 13.2 Å². The van der Waals surface area contributed by atoms with Crippen LogP contribution in [-0.2, 0) is 0 Å². The molecule has 0 amide bonds. The van der Waals surface area contributed by atoms with E-state index in [0.29, 0.717) is 5.92 Å². The Balaban J connectivity index is 1.37. The molecule has 0 nitrogen and oxygen atoms in total. The van der Waals surface area contributed by atoms with E-state index in [-0.39, 0.29) is 18.8 Å². The second-order valence-corrected chi connectivity index (χ2v) is 9.19. The van der Waals surface area contributed by atoms with Crippen molar-refractivity contribution in [1.82, 2.24) is 0 Å². The summed E-state index contributed by atoms with van der Waals surface area (Å²) in [6.07, 6.45) is 8.48. The summed E-state index contributed by atoms with van der Waals surface area (Å²) in [5.41, 5.74) is 0. The van der Waals surface area contributed by atoms with Crippen molar-refractivity contribution in [3.8, 4) is 0 Å². The maximum absolute atomic E-state index is 13.6. The molecule has 0 aromatic heterocycles. The van der Waals surface area contributed by atoms with Gasteiger partial charge in [0.15, 0.2) is 6.17 Å². The van der Waals surface area contributed by atoms with Gasteiger partial charge in [-0.05, 0) is 55.3 Å². The van der Waals surface area contributed by atoms with E-state index in [1.165, 1.54) is 51.4 Å². The first-order chi connectivity index (χ1) is 11.5. The van der Waals surface area contributed by atoms with Crippen LogP contribution in [0, 0.1) is 29.6 Å². The minimum Gasteiger partial charge on any atom is -0.244 e. The van der Waals surface area contributed by atoms with Crippen molar-refractivity contribution >= 4 is 0 Å². The van der Waals surface area contributed by atoms with E-state index < -0.39 is 18.5 Å². The van der Waals surface area contributed by atoms with Gasteiger partial charge in [-0.1, -0.05) is 58.3 Å². The largest absolute Gasteiger partial charge is 0.244 e. The van der Waals surface area contributed by atoms with E-state index in [1.54, 1.807) is 0 Å². The zero-order chi connectivity index (χ0) is 17.1. The van der Waals surface area contributed by atoms with Crippen LogP contribution in [0.2, 0.25) is 0 Å². The third kappa shape index (κ3) is 4.69. The molecule has 140 valence electrons. The van der Waals surface area contributed by atoms with Gasteiger partial charge >= 0.3 is 0 Å². The zero-order valence-electron chi connectivity index (χ0n) is 15.2. The smallest absolute Gasteiger partial charge is 0.162 e. The van der Waals surface area contributed by atoms with Crippen molar-refractivity contribution in [2.75, 3.05) is 0 Å². The lowest BCUT2D eigenvalue weighted by atomic mass is 9.69. The molecular formula is C21H35F3. The first-order valence-corrected chi connectivity index (χ1v) is 10.4. The Labute approximate surface area is 146 Å². The molecular weight excluding hydrogens is 309 g/mol. The van der Waals surface area contributed by atoms with E-state index in [2.05, 4.69) is 6.92 Å². The molecule has 0 heterocycles. The van der Waals surface area contributed by atoms with Crippen LogP contribution >= 0.6 is 0 Å². The number of alkyl halides is 3. The molecule has 0 radical (unpaired) electrons. The summed E-state index contributed by atoms with van der Waals surface area (Å²) in [7, 11) is 0. The molecule has 24 heavy (non-hydrogen) atoms. The Morgan fingerprint density at radius 3 is 1.58 bits per heavy atom. The lowest BCUT2D eigenvalue weighted by molar-refractivity contribution is -0.00480. The van der Waals surface area contributed by atoms with Crippen LogP contribution in [0.25, 0.3) is 0 Å². The van der Waals surface area contributed by atoms with Crippen LogP contribution in [0.5, 0.6) is 0 Å². The standard InChI is InChI=1S/C21H35F3/c1-14-2-4-15(5-3-14)6-7-16-8-10-17(11-9-16)18-12-19(22)21(24)20(23)13-18/h14-21H,2-13H2,1H3. The van der Waals surface area contributed by atoms with Crippen LogP contribution < -0.4 is 0 Å². The summed E-state index contributed by atoms with van der Waals surface area (Å²) >= 11 is 0. The fourth-order valence-corrected chi connectivity index (χ4v) is 5.58. The maximum atomic E-state index is 13.6. The van der Waals surface area contributed by atoms with Gasteiger partial charge in [0.1, 0.15) is 12.3 Å². The molecule has 0 spiro atoms. The average Bonchev–Trinajstić information content (AvgIpc) is 2.59. The quantitative estimate of drug-likeness (QED) is 0.524. The lowest BCUT2D eigenvalue weighted by Gasteiger charge is -2.39.